The van der Waals surface area contributed by atoms with E-state index in [1.807, 2.05) is 25.3 Å². The number of rotatable bonds is 2. The van der Waals surface area contributed by atoms with E-state index in [0.29, 0.717) is 18.8 Å². The Morgan fingerprint density at radius 1 is 1.38 bits per heavy atom. The Hall–Kier alpha value is -1.31. The van der Waals surface area contributed by atoms with Crippen LogP contribution in [0.15, 0.2) is 23.2 Å². The Kier molecular flexibility index (Phi) is 3.38. The van der Waals surface area contributed by atoms with Crippen LogP contribution in [0.4, 0.5) is 0 Å². The van der Waals surface area contributed by atoms with Crippen LogP contribution in [0.1, 0.15) is 24.4 Å². The smallest absolute Gasteiger partial charge is 0.248 e. The molecule has 1 unspecified atom stereocenters. The zero-order chi connectivity index (χ0) is 15.4. The number of hydrogen-bond donors (Lipinski definition) is 0. The first-order chi connectivity index (χ1) is 9.84. The van der Waals surface area contributed by atoms with E-state index in [2.05, 4.69) is 9.67 Å². The van der Waals surface area contributed by atoms with E-state index < -0.39 is 10.0 Å². The van der Waals surface area contributed by atoms with Crippen LogP contribution in [-0.2, 0) is 23.6 Å². The maximum absolute atomic E-state index is 13.0. The average molecular weight is 329 g/mol. The van der Waals surface area contributed by atoms with Gasteiger partial charge in [-0.25, -0.2) is 8.42 Å². The molecular weight excluding hydrogens is 312 g/mol. The Balaban J connectivity index is 2.08. The van der Waals surface area contributed by atoms with Crippen molar-refractivity contribution in [2.45, 2.75) is 31.3 Å². The average Bonchev–Trinajstić information content (AvgIpc) is 2.96. The lowest BCUT2D eigenvalue weighted by Gasteiger charge is -2.33. The van der Waals surface area contributed by atoms with Gasteiger partial charge in [0, 0.05) is 32.0 Å². The van der Waals surface area contributed by atoms with Gasteiger partial charge in [0.05, 0.1) is 11.7 Å². The molecule has 21 heavy (non-hydrogen) atoms. The van der Waals surface area contributed by atoms with Crippen LogP contribution < -0.4 is 0 Å². The van der Waals surface area contributed by atoms with Gasteiger partial charge in [-0.05, 0) is 26.0 Å². The lowest BCUT2D eigenvalue weighted by Crippen LogP contribution is -2.40. The SMILES string of the molecule is Cc1nn(C)c(Cl)c1S(=O)(=O)N1CCn2cccc2C1C. The second-order valence-corrected chi connectivity index (χ2v) is 7.43. The minimum Gasteiger partial charge on any atom is -0.349 e. The van der Waals surface area contributed by atoms with Gasteiger partial charge in [-0.15, -0.1) is 0 Å². The molecule has 2 aromatic heterocycles. The molecule has 3 heterocycles. The van der Waals surface area contributed by atoms with Crippen molar-refractivity contribution in [2.75, 3.05) is 6.54 Å². The second kappa shape index (κ2) is 4.86. The number of fused-ring (bicyclic) bond motifs is 1. The van der Waals surface area contributed by atoms with Gasteiger partial charge in [-0.3, -0.25) is 4.68 Å². The number of aryl methyl sites for hydroxylation is 2. The third-order valence-electron chi connectivity index (χ3n) is 3.95. The summed E-state index contributed by atoms with van der Waals surface area (Å²) in [6.45, 7) is 4.62. The van der Waals surface area contributed by atoms with Gasteiger partial charge in [-0.2, -0.15) is 9.40 Å². The summed E-state index contributed by atoms with van der Waals surface area (Å²) in [6.07, 6.45) is 1.97. The maximum atomic E-state index is 13.0. The van der Waals surface area contributed by atoms with Gasteiger partial charge in [0.1, 0.15) is 10.0 Å². The standard InChI is InChI=1S/C13H17ClN4O2S/c1-9-12(13(14)16(3)15-9)21(19,20)18-8-7-17-6-4-5-11(17)10(18)2/h4-6,10H,7-8H2,1-3H3. The fourth-order valence-electron chi connectivity index (χ4n) is 2.91. The van der Waals surface area contributed by atoms with E-state index in [9.17, 15) is 8.42 Å². The summed E-state index contributed by atoms with van der Waals surface area (Å²) in [7, 11) is -2.03. The van der Waals surface area contributed by atoms with Gasteiger partial charge < -0.3 is 4.57 Å². The first-order valence-electron chi connectivity index (χ1n) is 6.70. The van der Waals surface area contributed by atoms with E-state index in [4.69, 9.17) is 11.6 Å². The minimum atomic E-state index is -3.67. The summed E-state index contributed by atoms with van der Waals surface area (Å²) in [5, 5.41) is 4.26. The molecule has 1 aliphatic rings. The summed E-state index contributed by atoms with van der Waals surface area (Å²) in [5.74, 6) is 0. The normalized spacial score (nSPS) is 19.7. The van der Waals surface area contributed by atoms with Crippen molar-refractivity contribution >= 4 is 21.6 Å². The van der Waals surface area contributed by atoms with Gasteiger partial charge >= 0.3 is 0 Å². The summed E-state index contributed by atoms with van der Waals surface area (Å²) in [6, 6.07) is 3.66. The van der Waals surface area contributed by atoms with Crippen molar-refractivity contribution in [1.29, 1.82) is 0 Å². The van der Waals surface area contributed by atoms with Gasteiger partial charge in [0.2, 0.25) is 10.0 Å². The zero-order valence-corrected chi connectivity index (χ0v) is 13.7. The fourth-order valence-corrected chi connectivity index (χ4v) is 5.21. The molecule has 0 fully saturated rings. The van der Waals surface area contributed by atoms with Crippen LogP contribution >= 0.6 is 11.6 Å². The van der Waals surface area contributed by atoms with Crippen molar-refractivity contribution in [3.63, 3.8) is 0 Å². The van der Waals surface area contributed by atoms with Crippen molar-refractivity contribution in [3.05, 3.63) is 34.9 Å². The molecule has 1 atom stereocenters. The molecule has 2 aromatic rings. The van der Waals surface area contributed by atoms with E-state index in [1.165, 1.54) is 8.99 Å². The van der Waals surface area contributed by atoms with Crippen LogP contribution in [0, 0.1) is 6.92 Å². The summed E-state index contributed by atoms with van der Waals surface area (Å²) >= 11 is 6.13. The number of nitrogens with zero attached hydrogens (tertiary/aromatic N) is 4. The molecule has 6 nitrogen and oxygen atoms in total. The second-order valence-electron chi connectivity index (χ2n) is 5.25. The minimum absolute atomic E-state index is 0.110. The predicted octanol–water partition coefficient (Wildman–Crippen LogP) is 1.95. The van der Waals surface area contributed by atoms with Gasteiger partial charge in [0.25, 0.3) is 0 Å². The highest BCUT2D eigenvalue weighted by molar-refractivity contribution is 7.89. The third kappa shape index (κ3) is 2.11. The Morgan fingerprint density at radius 2 is 2.10 bits per heavy atom. The van der Waals surface area contributed by atoms with Gasteiger partial charge in [-0.1, -0.05) is 11.6 Å². The molecule has 8 heteroatoms. The summed E-state index contributed by atoms with van der Waals surface area (Å²) < 4.78 is 30.9. The molecule has 0 amide bonds. The van der Waals surface area contributed by atoms with E-state index >= 15 is 0 Å². The molecule has 0 saturated heterocycles. The largest absolute Gasteiger partial charge is 0.349 e. The highest BCUT2D eigenvalue weighted by atomic mass is 35.5. The molecule has 0 aliphatic carbocycles. The first kappa shape index (κ1) is 14.6. The molecule has 1 aliphatic heterocycles. The van der Waals surface area contributed by atoms with Crippen molar-refractivity contribution in [1.82, 2.24) is 18.7 Å². The quantitative estimate of drug-likeness (QED) is 0.846. The van der Waals surface area contributed by atoms with Crippen LogP contribution in [-0.4, -0.2) is 33.6 Å². The van der Waals surface area contributed by atoms with E-state index in [0.717, 1.165) is 5.69 Å². The molecule has 0 radical (unpaired) electrons. The topological polar surface area (TPSA) is 60.1 Å². The van der Waals surface area contributed by atoms with Crippen molar-refractivity contribution < 1.29 is 8.42 Å². The molecule has 0 aromatic carbocycles. The number of halogens is 1. The van der Waals surface area contributed by atoms with Crippen LogP contribution in [0.3, 0.4) is 0 Å². The molecule has 0 bridgehead atoms. The Morgan fingerprint density at radius 3 is 2.71 bits per heavy atom. The molecule has 3 rings (SSSR count). The summed E-state index contributed by atoms with van der Waals surface area (Å²) in [4.78, 5) is 0.110. The fraction of sp³-hybridized carbons (Fsp3) is 0.462. The lowest BCUT2D eigenvalue weighted by atomic mass is 10.2. The Labute approximate surface area is 129 Å². The highest BCUT2D eigenvalue weighted by Crippen LogP contribution is 2.34. The first-order valence-corrected chi connectivity index (χ1v) is 8.52. The van der Waals surface area contributed by atoms with Crippen molar-refractivity contribution in [3.8, 4) is 0 Å². The van der Waals surface area contributed by atoms with Crippen molar-refractivity contribution in [2.24, 2.45) is 7.05 Å². The number of aromatic nitrogens is 3. The van der Waals surface area contributed by atoms with E-state index in [-0.39, 0.29) is 16.1 Å². The molecule has 114 valence electrons. The maximum Gasteiger partial charge on any atom is 0.248 e. The predicted molar refractivity (Wildman–Crippen MR) is 79.7 cm³/mol. The van der Waals surface area contributed by atoms with E-state index in [1.54, 1.807) is 14.0 Å². The van der Waals surface area contributed by atoms with Crippen LogP contribution in [0.2, 0.25) is 5.15 Å². The Bertz CT molecular complexity index is 793. The van der Waals surface area contributed by atoms with Crippen LogP contribution in [0.5, 0.6) is 0 Å². The molecule has 0 saturated carbocycles. The van der Waals surface area contributed by atoms with Crippen LogP contribution in [0.25, 0.3) is 0 Å². The third-order valence-corrected chi connectivity index (χ3v) is 6.62. The van der Waals surface area contributed by atoms with Gasteiger partial charge in [0.15, 0.2) is 0 Å². The molecular formula is C13H17ClN4O2S. The molecule has 0 N–H and O–H groups in total. The summed E-state index contributed by atoms with van der Waals surface area (Å²) in [5.41, 5.74) is 1.41. The number of sulfonamides is 1. The number of hydrogen-bond acceptors (Lipinski definition) is 3. The molecule has 0 spiro atoms. The zero-order valence-electron chi connectivity index (χ0n) is 12.1. The highest BCUT2D eigenvalue weighted by Gasteiger charge is 2.37. The monoisotopic (exact) mass is 328 g/mol. The lowest BCUT2D eigenvalue weighted by molar-refractivity contribution is 0.282.